The molecule has 1 N–H and O–H groups in total. The van der Waals surface area contributed by atoms with E-state index in [4.69, 9.17) is 4.42 Å². The molecule has 0 aromatic carbocycles. The third-order valence-electron chi connectivity index (χ3n) is 4.67. The number of aromatic nitrogens is 1. The van der Waals surface area contributed by atoms with Crippen molar-refractivity contribution in [2.75, 3.05) is 13.1 Å². The van der Waals surface area contributed by atoms with E-state index in [-0.39, 0.29) is 18.2 Å². The number of aryl methyl sites for hydroxylation is 1. The van der Waals surface area contributed by atoms with Crippen LogP contribution in [0.2, 0.25) is 0 Å². The second-order valence-corrected chi connectivity index (χ2v) is 7.14. The number of rotatable bonds is 4. The smallest absolute Gasteiger partial charge is 0.291 e. The topological polar surface area (TPSA) is 75.4 Å². The number of carbonyl (C=O) groups excluding carboxylic acids is 2. The van der Waals surface area contributed by atoms with E-state index in [1.807, 2.05) is 0 Å². The first kappa shape index (κ1) is 19.3. The van der Waals surface area contributed by atoms with Crippen molar-refractivity contribution < 1.29 is 22.8 Å². The quantitative estimate of drug-likeness (QED) is 0.899. The van der Waals surface area contributed by atoms with Gasteiger partial charge in [-0.1, -0.05) is 0 Å². The van der Waals surface area contributed by atoms with Gasteiger partial charge in [0, 0.05) is 26.1 Å². The van der Waals surface area contributed by atoms with Crippen LogP contribution < -0.4 is 5.32 Å². The van der Waals surface area contributed by atoms with Crippen molar-refractivity contribution in [1.82, 2.24) is 15.2 Å². The van der Waals surface area contributed by atoms with Gasteiger partial charge in [-0.2, -0.15) is 0 Å². The van der Waals surface area contributed by atoms with Crippen LogP contribution in [0.5, 0.6) is 0 Å². The number of oxazole rings is 1. The van der Waals surface area contributed by atoms with Crippen molar-refractivity contribution in [2.45, 2.75) is 64.3 Å². The highest BCUT2D eigenvalue weighted by Crippen LogP contribution is 2.30. The van der Waals surface area contributed by atoms with Gasteiger partial charge in [0.25, 0.3) is 11.8 Å². The number of hydrogen-bond acceptors (Lipinski definition) is 4. The molecule has 1 fully saturated rings. The SMILES string of the molecule is Cc1ncc(C(=O)N2CCCCC(NC(=O)C(C)(F)C(C)(C)F)C2)o1. The van der Waals surface area contributed by atoms with Crippen molar-refractivity contribution in [3.05, 3.63) is 17.8 Å². The number of halogens is 2. The lowest BCUT2D eigenvalue weighted by Crippen LogP contribution is -2.56. The molecule has 1 aromatic heterocycles. The van der Waals surface area contributed by atoms with Gasteiger partial charge in [0.05, 0.1) is 6.20 Å². The van der Waals surface area contributed by atoms with Crippen molar-refractivity contribution in [3.8, 4) is 0 Å². The van der Waals surface area contributed by atoms with Crippen molar-refractivity contribution >= 4 is 11.8 Å². The average Bonchev–Trinajstić information content (AvgIpc) is 2.80. The zero-order valence-electron chi connectivity index (χ0n) is 15.1. The second kappa shape index (κ2) is 7.09. The summed E-state index contributed by atoms with van der Waals surface area (Å²) in [6, 6.07) is -0.444. The fourth-order valence-electron chi connectivity index (χ4n) is 2.65. The molecule has 0 radical (unpaired) electrons. The van der Waals surface area contributed by atoms with E-state index in [0.29, 0.717) is 18.9 Å². The molecule has 8 heteroatoms. The summed E-state index contributed by atoms with van der Waals surface area (Å²) >= 11 is 0. The normalized spacial score (nSPS) is 21.4. The Hall–Kier alpha value is -1.99. The molecule has 0 saturated carbocycles. The van der Waals surface area contributed by atoms with Crippen molar-refractivity contribution in [1.29, 1.82) is 0 Å². The largest absolute Gasteiger partial charge is 0.436 e. The summed E-state index contributed by atoms with van der Waals surface area (Å²) in [7, 11) is 0. The predicted molar refractivity (Wildman–Crippen MR) is 87.6 cm³/mol. The Bertz CT molecular complexity index is 637. The summed E-state index contributed by atoms with van der Waals surface area (Å²) in [6.45, 7) is 5.35. The van der Waals surface area contributed by atoms with Gasteiger partial charge in [-0.05, 0) is 40.0 Å². The van der Waals surface area contributed by atoms with E-state index < -0.39 is 23.3 Å². The summed E-state index contributed by atoms with van der Waals surface area (Å²) in [5.74, 6) is -0.809. The number of nitrogens with zero attached hydrogens (tertiary/aromatic N) is 2. The molecule has 1 aromatic rings. The lowest BCUT2D eigenvalue weighted by Gasteiger charge is -2.32. The van der Waals surface area contributed by atoms with E-state index in [1.165, 1.54) is 6.20 Å². The van der Waals surface area contributed by atoms with Crippen LogP contribution in [0.3, 0.4) is 0 Å². The van der Waals surface area contributed by atoms with Gasteiger partial charge in [0.1, 0.15) is 5.67 Å². The lowest BCUT2D eigenvalue weighted by atomic mass is 9.90. The molecule has 1 aliphatic rings. The molecule has 2 amide bonds. The minimum Gasteiger partial charge on any atom is -0.436 e. The fraction of sp³-hybridized carbons (Fsp3) is 0.706. The number of amides is 2. The Morgan fingerprint density at radius 1 is 1.32 bits per heavy atom. The molecule has 2 unspecified atom stereocenters. The molecule has 2 rings (SSSR count). The lowest BCUT2D eigenvalue weighted by molar-refractivity contribution is -0.141. The van der Waals surface area contributed by atoms with E-state index in [1.54, 1.807) is 11.8 Å². The third kappa shape index (κ3) is 4.35. The number of likely N-dealkylation sites (tertiary alicyclic amines) is 1. The Morgan fingerprint density at radius 3 is 2.56 bits per heavy atom. The predicted octanol–water partition coefficient (Wildman–Crippen LogP) is 2.57. The third-order valence-corrected chi connectivity index (χ3v) is 4.67. The van der Waals surface area contributed by atoms with Crippen molar-refractivity contribution in [2.24, 2.45) is 0 Å². The monoisotopic (exact) mass is 357 g/mol. The number of nitrogens with one attached hydrogen (secondary N) is 1. The Kier molecular flexibility index (Phi) is 5.49. The first-order valence-electron chi connectivity index (χ1n) is 8.43. The summed E-state index contributed by atoms with van der Waals surface area (Å²) < 4.78 is 33.7. The maximum atomic E-state index is 14.5. The van der Waals surface area contributed by atoms with Crippen molar-refractivity contribution in [3.63, 3.8) is 0 Å². The van der Waals surface area contributed by atoms with E-state index >= 15 is 0 Å². The van der Waals surface area contributed by atoms with Crippen LogP contribution in [0.1, 0.15) is 56.5 Å². The minimum atomic E-state index is -2.66. The van der Waals surface area contributed by atoms with Gasteiger partial charge in [0.15, 0.2) is 5.89 Å². The van der Waals surface area contributed by atoms with Gasteiger partial charge >= 0.3 is 0 Å². The van der Waals surface area contributed by atoms with Gasteiger partial charge in [-0.15, -0.1) is 0 Å². The van der Waals surface area contributed by atoms with E-state index in [2.05, 4.69) is 10.3 Å². The highest BCUT2D eigenvalue weighted by atomic mass is 19.2. The van der Waals surface area contributed by atoms with Gasteiger partial charge in [-0.3, -0.25) is 9.59 Å². The molecule has 25 heavy (non-hydrogen) atoms. The summed E-state index contributed by atoms with van der Waals surface area (Å²) in [5.41, 5.74) is -4.97. The molecule has 0 bridgehead atoms. The van der Waals surface area contributed by atoms with Crippen LogP contribution in [-0.2, 0) is 4.79 Å². The van der Waals surface area contributed by atoms with Gasteiger partial charge < -0.3 is 14.6 Å². The van der Waals surface area contributed by atoms with Crippen LogP contribution in [0.15, 0.2) is 10.6 Å². The number of alkyl halides is 2. The highest BCUT2D eigenvalue weighted by molar-refractivity contribution is 5.91. The molecule has 1 aliphatic heterocycles. The zero-order chi connectivity index (χ0) is 18.8. The average molecular weight is 357 g/mol. The van der Waals surface area contributed by atoms with Gasteiger partial charge in [0.2, 0.25) is 11.4 Å². The number of carbonyl (C=O) groups is 2. The van der Waals surface area contributed by atoms with Crippen LogP contribution in [-0.4, -0.2) is 52.2 Å². The molecule has 6 nitrogen and oxygen atoms in total. The molecule has 0 spiro atoms. The number of hydrogen-bond donors (Lipinski definition) is 1. The molecular formula is C17H25F2N3O3. The van der Waals surface area contributed by atoms with Crippen LogP contribution in [0, 0.1) is 6.92 Å². The summed E-state index contributed by atoms with van der Waals surface area (Å²) in [5, 5.41) is 2.55. The van der Waals surface area contributed by atoms with Crippen LogP contribution in [0.25, 0.3) is 0 Å². The zero-order valence-corrected chi connectivity index (χ0v) is 15.1. The first-order valence-corrected chi connectivity index (χ1v) is 8.43. The fourth-order valence-corrected chi connectivity index (χ4v) is 2.65. The summed E-state index contributed by atoms with van der Waals surface area (Å²) in [4.78, 5) is 30.1. The minimum absolute atomic E-state index is 0.129. The second-order valence-electron chi connectivity index (χ2n) is 7.14. The Morgan fingerprint density at radius 2 is 2.00 bits per heavy atom. The Balaban J connectivity index is 2.07. The highest BCUT2D eigenvalue weighted by Gasteiger charge is 2.49. The van der Waals surface area contributed by atoms with Gasteiger partial charge in [-0.25, -0.2) is 13.8 Å². The van der Waals surface area contributed by atoms with E-state index in [9.17, 15) is 18.4 Å². The Labute approximate surface area is 146 Å². The summed E-state index contributed by atoms with van der Waals surface area (Å²) in [6.07, 6.45) is 3.48. The molecule has 1 saturated heterocycles. The molecule has 2 atom stereocenters. The van der Waals surface area contributed by atoms with Crippen LogP contribution >= 0.6 is 0 Å². The maximum Gasteiger partial charge on any atom is 0.291 e. The van der Waals surface area contributed by atoms with E-state index in [0.717, 1.165) is 33.6 Å². The molecule has 140 valence electrons. The molecule has 0 aliphatic carbocycles. The first-order chi connectivity index (χ1) is 11.5. The molecular weight excluding hydrogens is 332 g/mol. The standard InChI is InChI=1S/C17H25F2N3O3/c1-11-20-9-13(25-11)14(23)22-8-6-5-7-12(10-22)21-15(24)17(4,19)16(2,3)18/h9,12H,5-8,10H2,1-4H3,(H,21,24). The van der Waals surface area contributed by atoms with Crippen LogP contribution in [0.4, 0.5) is 8.78 Å². The molecule has 2 heterocycles. The maximum absolute atomic E-state index is 14.5.